The highest BCUT2D eigenvalue weighted by molar-refractivity contribution is 5.81. The normalized spacial score (nSPS) is 13.8. The molecule has 2 N–H and O–H groups in total. The van der Waals surface area contributed by atoms with Gasteiger partial charge in [-0.25, -0.2) is 4.39 Å². The number of nitrogens with one attached hydrogen (secondary N) is 1. The number of ether oxygens (including phenoxy) is 1. The summed E-state index contributed by atoms with van der Waals surface area (Å²) in [4.78, 5) is 13.7. The molecule has 5 nitrogen and oxygen atoms in total. The van der Waals surface area contributed by atoms with Gasteiger partial charge < -0.3 is 15.2 Å². The molecule has 1 rings (SSSR count). The van der Waals surface area contributed by atoms with Gasteiger partial charge in [0.1, 0.15) is 24.3 Å². The van der Waals surface area contributed by atoms with Gasteiger partial charge in [-0.3, -0.25) is 9.69 Å². The van der Waals surface area contributed by atoms with Crippen molar-refractivity contribution < 1.29 is 19.0 Å². The zero-order chi connectivity index (χ0) is 15.8. The quantitative estimate of drug-likeness (QED) is 0.752. The standard InChI is InChI=1S/C15H23FN2O3/c1-4-14(18(2)3)15(20)17-9-12(19)10-21-13-7-5-11(16)6-8-13/h5-8,12,14,19H,4,9-10H2,1-3H3,(H,17,20). The van der Waals surface area contributed by atoms with E-state index >= 15 is 0 Å². The van der Waals surface area contributed by atoms with Gasteiger partial charge in [-0.15, -0.1) is 0 Å². The number of amides is 1. The number of hydrogen-bond donors (Lipinski definition) is 2. The molecule has 0 spiro atoms. The van der Waals surface area contributed by atoms with Crippen LogP contribution in [0.4, 0.5) is 4.39 Å². The molecular weight excluding hydrogens is 275 g/mol. The maximum atomic E-state index is 12.7. The van der Waals surface area contributed by atoms with E-state index in [2.05, 4.69) is 5.32 Å². The summed E-state index contributed by atoms with van der Waals surface area (Å²) in [7, 11) is 3.67. The fourth-order valence-corrected chi connectivity index (χ4v) is 1.90. The van der Waals surface area contributed by atoms with Crippen LogP contribution in [0.1, 0.15) is 13.3 Å². The van der Waals surface area contributed by atoms with Crippen LogP contribution >= 0.6 is 0 Å². The molecule has 0 heterocycles. The second-order valence-electron chi connectivity index (χ2n) is 5.05. The highest BCUT2D eigenvalue weighted by atomic mass is 19.1. The van der Waals surface area contributed by atoms with E-state index in [0.29, 0.717) is 12.2 Å². The van der Waals surface area contributed by atoms with Crippen molar-refractivity contribution in [3.05, 3.63) is 30.1 Å². The Bertz CT molecular complexity index is 437. The zero-order valence-electron chi connectivity index (χ0n) is 12.7. The number of carbonyl (C=O) groups excluding carboxylic acids is 1. The number of benzene rings is 1. The number of hydrogen-bond acceptors (Lipinski definition) is 4. The molecule has 1 amide bonds. The number of halogens is 1. The van der Waals surface area contributed by atoms with Crippen molar-refractivity contribution in [1.82, 2.24) is 10.2 Å². The molecule has 6 heteroatoms. The molecule has 0 aliphatic heterocycles. The number of carbonyl (C=O) groups is 1. The summed E-state index contributed by atoms with van der Waals surface area (Å²) in [5, 5.41) is 12.5. The summed E-state index contributed by atoms with van der Waals surface area (Å²) < 4.78 is 18.0. The molecular formula is C15H23FN2O3. The molecule has 2 atom stereocenters. The molecule has 2 unspecified atom stereocenters. The van der Waals surface area contributed by atoms with Crippen LogP contribution in [0.15, 0.2) is 24.3 Å². The largest absolute Gasteiger partial charge is 0.491 e. The summed E-state index contributed by atoms with van der Waals surface area (Å²) in [5.41, 5.74) is 0. The number of aliphatic hydroxyl groups is 1. The van der Waals surface area contributed by atoms with Crippen LogP contribution in [0.5, 0.6) is 5.75 Å². The van der Waals surface area contributed by atoms with E-state index in [1.165, 1.54) is 24.3 Å². The lowest BCUT2D eigenvalue weighted by atomic mass is 10.2. The second-order valence-corrected chi connectivity index (χ2v) is 5.05. The number of likely N-dealkylation sites (N-methyl/N-ethyl adjacent to an activating group) is 1. The average Bonchev–Trinajstić information content (AvgIpc) is 2.45. The van der Waals surface area contributed by atoms with Gasteiger partial charge in [-0.05, 0) is 44.8 Å². The highest BCUT2D eigenvalue weighted by Gasteiger charge is 2.19. The highest BCUT2D eigenvalue weighted by Crippen LogP contribution is 2.11. The average molecular weight is 298 g/mol. The van der Waals surface area contributed by atoms with E-state index in [-0.39, 0.29) is 30.9 Å². The third kappa shape index (κ3) is 6.10. The van der Waals surface area contributed by atoms with Gasteiger partial charge in [0.05, 0.1) is 6.04 Å². The molecule has 1 aromatic rings. The molecule has 21 heavy (non-hydrogen) atoms. The first-order valence-electron chi connectivity index (χ1n) is 6.94. The van der Waals surface area contributed by atoms with Gasteiger partial charge in [0.25, 0.3) is 0 Å². The monoisotopic (exact) mass is 298 g/mol. The van der Waals surface area contributed by atoms with Crippen LogP contribution in [-0.2, 0) is 4.79 Å². The van der Waals surface area contributed by atoms with Crippen molar-refractivity contribution in [2.24, 2.45) is 0 Å². The fourth-order valence-electron chi connectivity index (χ4n) is 1.90. The van der Waals surface area contributed by atoms with Crippen molar-refractivity contribution >= 4 is 5.91 Å². The Morgan fingerprint density at radius 3 is 2.52 bits per heavy atom. The van der Waals surface area contributed by atoms with Crippen LogP contribution in [-0.4, -0.2) is 55.3 Å². The summed E-state index contributed by atoms with van der Waals surface area (Å²) >= 11 is 0. The van der Waals surface area contributed by atoms with Crippen LogP contribution < -0.4 is 10.1 Å². The van der Waals surface area contributed by atoms with E-state index in [1.54, 1.807) is 0 Å². The number of aliphatic hydroxyl groups excluding tert-OH is 1. The number of nitrogens with zero attached hydrogens (tertiary/aromatic N) is 1. The Morgan fingerprint density at radius 1 is 1.38 bits per heavy atom. The minimum absolute atomic E-state index is 0.0324. The minimum Gasteiger partial charge on any atom is -0.491 e. The smallest absolute Gasteiger partial charge is 0.237 e. The Kier molecular flexibility index (Phi) is 7.11. The van der Waals surface area contributed by atoms with E-state index in [1.807, 2.05) is 25.9 Å². The van der Waals surface area contributed by atoms with Gasteiger partial charge in [0.15, 0.2) is 0 Å². The van der Waals surface area contributed by atoms with E-state index in [0.717, 1.165) is 0 Å². The molecule has 0 aromatic heterocycles. The van der Waals surface area contributed by atoms with Crippen LogP contribution in [0.25, 0.3) is 0 Å². The maximum Gasteiger partial charge on any atom is 0.237 e. The lowest BCUT2D eigenvalue weighted by Crippen LogP contribution is -2.46. The van der Waals surface area contributed by atoms with E-state index < -0.39 is 6.10 Å². The van der Waals surface area contributed by atoms with Crippen molar-refractivity contribution in [2.45, 2.75) is 25.5 Å². The molecule has 0 bridgehead atoms. The van der Waals surface area contributed by atoms with E-state index in [4.69, 9.17) is 4.74 Å². The molecule has 118 valence electrons. The third-order valence-corrected chi connectivity index (χ3v) is 3.08. The predicted molar refractivity (Wildman–Crippen MR) is 78.7 cm³/mol. The molecule has 0 aliphatic rings. The summed E-state index contributed by atoms with van der Waals surface area (Å²) in [5.74, 6) is 0.00860. The van der Waals surface area contributed by atoms with Gasteiger partial charge >= 0.3 is 0 Å². The molecule has 1 aromatic carbocycles. The third-order valence-electron chi connectivity index (χ3n) is 3.08. The molecule has 0 fully saturated rings. The fraction of sp³-hybridized carbons (Fsp3) is 0.533. The van der Waals surface area contributed by atoms with Gasteiger partial charge in [0, 0.05) is 6.54 Å². The zero-order valence-corrected chi connectivity index (χ0v) is 12.7. The van der Waals surface area contributed by atoms with Crippen molar-refractivity contribution in [3.8, 4) is 5.75 Å². The predicted octanol–water partition coefficient (Wildman–Crippen LogP) is 1.02. The minimum atomic E-state index is -0.821. The van der Waals surface area contributed by atoms with Crippen molar-refractivity contribution in [2.75, 3.05) is 27.2 Å². The Hall–Kier alpha value is -1.66. The van der Waals surface area contributed by atoms with Gasteiger partial charge in [0.2, 0.25) is 5.91 Å². The first kappa shape index (κ1) is 17.4. The van der Waals surface area contributed by atoms with Crippen LogP contribution in [0.3, 0.4) is 0 Å². The van der Waals surface area contributed by atoms with E-state index in [9.17, 15) is 14.3 Å². The summed E-state index contributed by atoms with van der Waals surface area (Å²) in [6.07, 6.45) is -0.125. The molecule has 0 saturated heterocycles. The van der Waals surface area contributed by atoms with Crippen molar-refractivity contribution in [3.63, 3.8) is 0 Å². The first-order valence-corrected chi connectivity index (χ1v) is 6.94. The Labute approximate surface area is 124 Å². The number of rotatable bonds is 8. The molecule has 0 aliphatic carbocycles. The lowest BCUT2D eigenvalue weighted by Gasteiger charge is -2.22. The topological polar surface area (TPSA) is 61.8 Å². The Morgan fingerprint density at radius 2 is 2.00 bits per heavy atom. The Balaban J connectivity index is 2.32. The molecule has 0 saturated carbocycles. The van der Waals surface area contributed by atoms with Gasteiger partial charge in [-0.2, -0.15) is 0 Å². The summed E-state index contributed by atoms with van der Waals surface area (Å²) in [6.45, 7) is 2.08. The van der Waals surface area contributed by atoms with Crippen LogP contribution in [0, 0.1) is 5.82 Å². The molecule has 0 radical (unpaired) electrons. The first-order chi connectivity index (χ1) is 9.93. The second kappa shape index (κ2) is 8.59. The summed E-state index contributed by atoms with van der Waals surface area (Å²) in [6, 6.07) is 5.33. The van der Waals surface area contributed by atoms with Crippen molar-refractivity contribution in [1.29, 1.82) is 0 Å². The lowest BCUT2D eigenvalue weighted by molar-refractivity contribution is -0.126. The SMILES string of the molecule is CCC(C(=O)NCC(O)COc1ccc(F)cc1)N(C)C. The van der Waals surface area contributed by atoms with Gasteiger partial charge in [-0.1, -0.05) is 6.92 Å². The maximum absolute atomic E-state index is 12.7. The van der Waals surface area contributed by atoms with Crippen LogP contribution in [0.2, 0.25) is 0 Å².